The fourth-order valence-corrected chi connectivity index (χ4v) is 3.82. The number of rotatable bonds is 5. The van der Waals surface area contributed by atoms with Crippen molar-refractivity contribution in [3.8, 4) is 11.3 Å². The maximum absolute atomic E-state index is 12.4. The van der Waals surface area contributed by atoms with Crippen molar-refractivity contribution in [1.82, 2.24) is 4.98 Å². The van der Waals surface area contributed by atoms with Crippen LogP contribution in [0.1, 0.15) is 10.4 Å². The molecule has 0 saturated carbocycles. The van der Waals surface area contributed by atoms with Gasteiger partial charge < -0.3 is 0 Å². The van der Waals surface area contributed by atoms with Gasteiger partial charge in [-0.15, -0.1) is 11.3 Å². The number of halogens is 1. The summed E-state index contributed by atoms with van der Waals surface area (Å²) in [6.07, 6.45) is 1.06. The Kier molecular flexibility index (Phi) is 5.58. The molecule has 0 atom stereocenters. The van der Waals surface area contributed by atoms with Crippen LogP contribution in [0.5, 0.6) is 0 Å². The van der Waals surface area contributed by atoms with E-state index in [-0.39, 0.29) is 5.91 Å². The zero-order chi connectivity index (χ0) is 18.7. The summed E-state index contributed by atoms with van der Waals surface area (Å²) in [5.41, 5.74) is 2.43. The Labute approximate surface area is 168 Å². The Bertz CT molecular complexity index is 1050. The SMILES string of the molecule is CS(=O)(=O)Nc1cccc(C(=O)Nc2nc(-c3ccc(I)cc3)cs2)c1. The standard InChI is InChI=1S/C17H14IN3O3S2/c1-26(23,24)21-14-4-2-3-12(9-14)16(22)20-17-19-15(10-25-17)11-5-7-13(18)8-6-11/h2-10,21H,1H3,(H,19,20,22). The summed E-state index contributed by atoms with van der Waals surface area (Å²) in [6, 6.07) is 14.2. The number of hydrogen-bond acceptors (Lipinski definition) is 5. The molecule has 1 amide bonds. The van der Waals surface area contributed by atoms with Crippen molar-refractivity contribution in [1.29, 1.82) is 0 Å². The molecule has 0 aliphatic rings. The summed E-state index contributed by atoms with van der Waals surface area (Å²) in [4.78, 5) is 16.8. The number of carbonyl (C=O) groups excluding carboxylic acids is 1. The van der Waals surface area contributed by atoms with Crippen LogP contribution in [0.3, 0.4) is 0 Å². The first-order valence-electron chi connectivity index (χ1n) is 7.41. The maximum Gasteiger partial charge on any atom is 0.257 e. The summed E-state index contributed by atoms with van der Waals surface area (Å²) >= 11 is 3.57. The average Bonchev–Trinajstić information content (AvgIpc) is 3.02. The zero-order valence-corrected chi connectivity index (χ0v) is 17.4. The van der Waals surface area contributed by atoms with Gasteiger partial charge >= 0.3 is 0 Å². The molecule has 0 radical (unpaired) electrons. The smallest absolute Gasteiger partial charge is 0.257 e. The summed E-state index contributed by atoms with van der Waals surface area (Å²) in [5, 5.41) is 5.09. The number of thiazole rings is 1. The molecule has 2 N–H and O–H groups in total. The van der Waals surface area contributed by atoms with E-state index in [1.165, 1.54) is 17.4 Å². The van der Waals surface area contributed by atoms with Crippen LogP contribution < -0.4 is 10.0 Å². The van der Waals surface area contributed by atoms with Gasteiger partial charge in [0.1, 0.15) is 0 Å². The monoisotopic (exact) mass is 499 g/mol. The highest BCUT2D eigenvalue weighted by Gasteiger charge is 2.11. The number of benzene rings is 2. The second-order valence-electron chi connectivity index (χ2n) is 5.45. The van der Waals surface area contributed by atoms with E-state index in [1.807, 2.05) is 29.6 Å². The summed E-state index contributed by atoms with van der Waals surface area (Å²) in [6.45, 7) is 0. The van der Waals surface area contributed by atoms with Crippen molar-refractivity contribution in [3.05, 3.63) is 63.0 Å². The van der Waals surface area contributed by atoms with Crippen molar-refractivity contribution in [2.24, 2.45) is 0 Å². The van der Waals surface area contributed by atoms with E-state index in [0.717, 1.165) is 21.1 Å². The largest absolute Gasteiger partial charge is 0.298 e. The maximum atomic E-state index is 12.4. The summed E-state index contributed by atoms with van der Waals surface area (Å²) < 4.78 is 26.1. The molecule has 2 aromatic carbocycles. The van der Waals surface area contributed by atoms with E-state index in [9.17, 15) is 13.2 Å². The molecule has 0 unspecified atom stereocenters. The highest BCUT2D eigenvalue weighted by molar-refractivity contribution is 14.1. The zero-order valence-electron chi connectivity index (χ0n) is 13.6. The molecule has 0 aliphatic heterocycles. The highest BCUT2D eigenvalue weighted by atomic mass is 127. The molecule has 9 heteroatoms. The van der Waals surface area contributed by atoms with Crippen molar-refractivity contribution < 1.29 is 13.2 Å². The van der Waals surface area contributed by atoms with Gasteiger partial charge in [0.25, 0.3) is 5.91 Å². The van der Waals surface area contributed by atoms with E-state index in [0.29, 0.717) is 16.4 Å². The molecular formula is C17H14IN3O3S2. The second kappa shape index (κ2) is 7.72. The van der Waals surface area contributed by atoms with E-state index < -0.39 is 10.0 Å². The predicted octanol–water partition coefficient (Wildman–Crippen LogP) is 4.04. The van der Waals surface area contributed by atoms with Gasteiger partial charge in [-0.3, -0.25) is 14.8 Å². The fourth-order valence-electron chi connectivity index (χ4n) is 2.19. The van der Waals surface area contributed by atoms with Crippen molar-refractivity contribution in [2.75, 3.05) is 16.3 Å². The number of aromatic nitrogens is 1. The number of carbonyl (C=O) groups is 1. The lowest BCUT2D eigenvalue weighted by molar-refractivity contribution is 0.102. The summed E-state index contributed by atoms with van der Waals surface area (Å²) in [5.74, 6) is -0.356. The molecule has 0 aliphatic carbocycles. The van der Waals surface area contributed by atoms with Crippen molar-refractivity contribution in [2.45, 2.75) is 0 Å². The first-order chi connectivity index (χ1) is 12.3. The van der Waals surface area contributed by atoms with E-state index >= 15 is 0 Å². The van der Waals surface area contributed by atoms with Crippen LogP contribution in [-0.4, -0.2) is 25.6 Å². The van der Waals surface area contributed by atoms with Crippen molar-refractivity contribution >= 4 is 60.7 Å². The Morgan fingerprint density at radius 1 is 1.15 bits per heavy atom. The minimum absolute atomic E-state index is 0.332. The van der Waals surface area contributed by atoms with Gasteiger partial charge in [0.2, 0.25) is 10.0 Å². The molecule has 26 heavy (non-hydrogen) atoms. The Balaban J connectivity index is 1.74. The molecule has 1 aromatic heterocycles. The quantitative estimate of drug-likeness (QED) is 0.519. The predicted molar refractivity (Wildman–Crippen MR) is 113 cm³/mol. The van der Waals surface area contributed by atoms with Gasteiger partial charge in [0.15, 0.2) is 5.13 Å². The molecule has 0 spiro atoms. The lowest BCUT2D eigenvalue weighted by Crippen LogP contribution is -2.13. The van der Waals surface area contributed by atoms with Crippen LogP contribution in [0.2, 0.25) is 0 Å². The normalized spacial score (nSPS) is 11.2. The second-order valence-corrected chi connectivity index (χ2v) is 9.31. The summed E-state index contributed by atoms with van der Waals surface area (Å²) in [7, 11) is -3.40. The van der Waals surface area contributed by atoms with Gasteiger partial charge in [0.05, 0.1) is 11.9 Å². The molecule has 6 nitrogen and oxygen atoms in total. The molecule has 1 heterocycles. The third-order valence-corrected chi connectivity index (χ3v) is 5.38. The molecule has 134 valence electrons. The first kappa shape index (κ1) is 18.8. The van der Waals surface area contributed by atoms with E-state index in [2.05, 4.69) is 37.6 Å². The number of amides is 1. The molecular weight excluding hydrogens is 485 g/mol. The van der Waals surface area contributed by atoms with Crippen LogP contribution in [0, 0.1) is 3.57 Å². The molecule has 3 aromatic rings. The molecule has 3 rings (SSSR count). The Morgan fingerprint density at radius 2 is 1.88 bits per heavy atom. The van der Waals surface area contributed by atoms with Gasteiger partial charge in [-0.2, -0.15) is 0 Å². The van der Waals surface area contributed by atoms with Crippen molar-refractivity contribution in [3.63, 3.8) is 0 Å². The lowest BCUT2D eigenvalue weighted by Gasteiger charge is -2.06. The van der Waals surface area contributed by atoms with Crippen LogP contribution >= 0.6 is 33.9 Å². The van der Waals surface area contributed by atoms with E-state index in [1.54, 1.807) is 18.2 Å². The minimum atomic E-state index is -3.40. The third kappa shape index (κ3) is 5.02. The van der Waals surface area contributed by atoms with Gasteiger partial charge in [-0.25, -0.2) is 13.4 Å². The first-order valence-corrected chi connectivity index (χ1v) is 11.3. The topological polar surface area (TPSA) is 88.2 Å². The molecule has 0 saturated heterocycles. The Hall–Kier alpha value is -1.98. The molecule has 0 bridgehead atoms. The van der Waals surface area contributed by atoms with Gasteiger partial charge in [-0.05, 0) is 52.9 Å². The number of sulfonamides is 1. The van der Waals surface area contributed by atoms with Gasteiger partial charge in [-0.1, -0.05) is 18.2 Å². The van der Waals surface area contributed by atoms with Crippen LogP contribution in [0.15, 0.2) is 53.9 Å². The molecule has 0 fully saturated rings. The van der Waals surface area contributed by atoms with Crippen LogP contribution in [0.4, 0.5) is 10.8 Å². The fraction of sp³-hybridized carbons (Fsp3) is 0.0588. The number of anilines is 2. The average molecular weight is 499 g/mol. The van der Waals surface area contributed by atoms with Crippen LogP contribution in [-0.2, 0) is 10.0 Å². The van der Waals surface area contributed by atoms with E-state index in [4.69, 9.17) is 0 Å². The van der Waals surface area contributed by atoms with Crippen LogP contribution in [0.25, 0.3) is 11.3 Å². The Morgan fingerprint density at radius 3 is 2.58 bits per heavy atom. The number of nitrogens with one attached hydrogen (secondary N) is 2. The number of nitrogens with zero attached hydrogens (tertiary/aromatic N) is 1. The third-order valence-electron chi connectivity index (χ3n) is 3.29. The lowest BCUT2D eigenvalue weighted by atomic mass is 10.2. The minimum Gasteiger partial charge on any atom is -0.298 e. The number of hydrogen-bond donors (Lipinski definition) is 2. The van der Waals surface area contributed by atoms with Gasteiger partial charge in [0, 0.05) is 25.8 Å². The highest BCUT2D eigenvalue weighted by Crippen LogP contribution is 2.26.